The molecule has 0 fully saturated rings. The Morgan fingerprint density at radius 3 is 1.80 bits per heavy atom. The minimum atomic E-state index is -2.97. The molecule has 0 spiro atoms. The first-order chi connectivity index (χ1) is 4.57. The maximum atomic E-state index is 11.5. The predicted molar refractivity (Wildman–Crippen MR) is 25.7 cm³/mol. The molecule has 0 aliphatic carbocycles. The van der Waals surface area contributed by atoms with Crippen molar-refractivity contribution in [2.45, 2.75) is 19.3 Å². The lowest BCUT2D eigenvalue weighted by Gasteiger charge is -2.04. The van der Waals surface area contributed by atoms with Gasteiger partial charge in [0.1, 0.15) is 5.92 Å². The van der Waals surface area contributed by atoms with E-state index < -0.39 is 25.2 Å². The third-order valence-corrected chi connectivity index (χ3v) is 0.902. The molecule has 1 atom stereocenters. The molecular weight excluding hydrogens is 150 g/mol. The van der Waals surface area contributed by atoms with Crippen LogP contribution in [-0.4, -0.2) is 12.9 Å². The van der Waals surface area contributed by atoms with Gasteiger partial charge in [-0.25, -0.2) is 17.6 Å². The van der Waals surface area contributed by atoms with Crippen LogP contribution in [0.4, 0.5) is 17.6 Å². The maximum Gasteiger partial charge on any atom is 0.254 e. The van der Waals surface area contributed by atoms with Gasteiger partial charge in [-0.3, -0.25) is 0 Å². The molecule has 0 heterocycles. The van der Waals surface area contributed by atoms with Crippen molar-refractivity contribution in [3.8, 4) is 6.07 Å². The molecule has 0 aromatic heterocycles. The van der Waals surface area contributed by atoms with Crippen molar-refractivity contribution in [3.63, 3.8) is 0 Å². The maximum absolute atomic E-state index is 11.5. The van der Waals surface area contributed by atoms with Crippen LogP contribution in [0.15, 0.2) is 0 Å². The molecular formula is C5H5F4N. The van der Waals surface area contributed by atoms with Crippen LogP contribution in [0.5, 0.6) is 0 Å². The first-order valence-corrected chi connectivity index (χ1v) is 2.53. The molecule has 0 aromatic rings. The number of nitriles is 1. The molecule has 0 saturated carbocycles. The van der Waals surface area contributed by atoms with E-state index in [0.29, 0.717) is 0 Å². The van der Waals surface area contributed by atoms with Crippen molar-refractivity contribution in [1.82, 2.24) is 0 Å². The molecule has 0 aromatic carbocycles. The van der Waals surface area contributed by atoms with Crippen molar-refractivity contribution < 1.29 is 17.6 Å². The molecule has 58 valence electrons. The number of hydrogen-bond acceptors (Lipinski definition) is 1. The summed E-state index contributed by atoms with van der Waals surface area (Å²) in [5.41, 5.74) is 0. The van der Waals surface area contributed by atoms with Crippen molar-refractivity contribution in [3.05, 3.63) is 0 Å². The summed E-state index contributed by atoms with van der Waals surface area (Å²) in [5.74, 6) is -1.83. The molecule has 0 bridgehead atoms. The molecule has 0 radical (unpaired) electrons. The van der Waals surface area contributed by atoms with E-state index in [2.05, 4.69) is 0 Å². The van der Waals surface area contributed by atoms with Crippen molar-refractivity contribution in [1.29, 1.82) is 5.26 Å². The van der Waals surface area contributed by atoms with Crippen LogP contribution < -0.4 is 0 Å². The minimum Gasteiger partial charge on any atom is -0.210 e. The zero-order valence-corrected chi connectivity index (χ0v) is 4.90. The van der Waals surface area contributed by atoms with E-state index in [1.54, 1.807) is 0 Å². The molecule has 0 aliphatic rings. The third kappa shape index (κ3) is 3.28. The van der Waals surface area contributed by atoms with E-state index in [9.17, 15) is 17.6 Å². The number of rotatable bonds is 3. The van der Waals surface area contributed by atoms with Gasteiger partial charge in [0.2, 0.25) is 6.43 Å². The first kappa shape index (κ1) is 9.21. The lowest BCUT2D eigenvalue weighted by Crippen LogP contribution is -2.12. The van der Waals surface area contributed by atoms with Gasteiger partial charge in [0.05, 0.1) is 6.07 Å². The molecule has 0 aliphatic heterocycles. The smallest absolute Gasteiger partial charge is 0.210 e. The fourth-order valence-electron chi connectivity index (χ4n) is 0.404. The second-order valence-electron chi connectivity index (χ2n) is 1.70. The summed E-state index contributed by atoms with van der Waals surface area (Å²) in [6.45, 7) is 0. The van der Waals surface area contributed by atoms with Gasteiger partial charge in [-0.15, -0.1) is 0 Å². The number of halogens is 4. The Morgan fingerprint density at radius 2 is 1.70 bits per heavy atom. The van der Waals surface area contributed by atoms with Crippen LogP contribution in [-0.2, 0) is 0 Å². The third-order valence-electron chi connectivity index (χ3n) is 0.902. The lowest BCUT2D eigenvalue weighted by atomic mass is 10.1. The molecule has 0 N–H and O–H groups in total. The van der Waals surface area contributed by atoms with Crippen LogP contribution in [0.1, 0.15) is 6.42 Å². The van der Waals surface area contributed by atoms with Gasteiger partial charge in [-0.1, -0.05) is 0 Å². The molecule has 5 heteroatoms. The normalized spacial score (nSPS) is 13.7. The quantitative estimate of drug-likeness (QED) is 0.572. The molecule has 0 amide bonds. The second-order valence-corrected chi connectivity index (χ2v) is 1.70. The molecule has 1 nitrogen and oxygen atoms in total. The second kappa shape index (κ2) is 4.09. The summed E-state index contributed by atoms with van der Waals surface area (Å²) in [7, 11) is 0. The number of nitrogens with zero attached hydrogens (tertiary/aromatic N) is 1. The first-order valence-electron chi connectivity index (χ1n) is 2.53. The Morgan fingerprint density at radius 1 is 1.20 bits per heavy atom. The lowest BCUT2D eigenvalue weighted by molar-refractivity contribution is 0.0510. The van der Waals surface area contributed by atoms with Crippen LogP contribution in [0, 0.1) is 17.2 Å². The van der Waals surface area contributed by atoms with E-state index in [4.69, 9.17) is 5.26 Å². The monoisotopic (exact) mass is 155 g/mol. The minimum absolute atomic E-state index is 1.05. The van der Waals surface area contributed by atoms with Crippen molar-refractivity contribution in [2.24, 2.45) is 5.92 Å². The Bertz CT molecular complexity index is 128. The Hall–Kier alpha value is -0.790. The number of hydrogen-bond donors (Lipinski definition) is 0. The highest BCUT2D eigenvalue weighted by molar-refractivity contribution is 4.84. The average Bonchev–Trinajstić information content (AvgIpc) is 1.81. The molecule has 0 saturated heterocycles. The van der Waals surface area contributed by atoms with Gasteiger partial charge in [-0.2, -0.15) is 5.26 Å². The predicted octanol–water partition coefficient (Wildman–Crippen LogP) is 2.05. The van der Waals surface area contributed by atoms with Crippen molar-refractivity contribution >= 4 is 0 Å². The van der Waals surface area contributed by atoms with Gasteiger partial charge in [-0.05, 0) is 0 Å². The topological polar surface area (TPSA) is 23.8 Å². The summed E-state index contributed by atoms with van der Waals surface area (Å²) in [6.07, 6.45) is -6.86. The summed E-state index contributed by atoms with van der Waals surface area (Å²) in [4.78, 5) is 0. The zero-order valence-electron chi connectivity index (χ0n) is 4.90. The van der Waals surface area contributed by atoms with E-state index in [0.717, 1.165) is 6.07 Å². The Kier molecular flexibility index (Phi) is 3.77. The summed E-state index contributed by atoms with van der Waals surface area (Å²) in [5, 5.41) is 7.88. The van der Waals surface area contributed by atoms with Gasteiger partial charge in [0.15, 0.2) is 0 Å². The summed E-state index contributed by atoms with van der Waals surface area (Å²) >= 11 is 0. The number of alkyl halides is 4. The fourth-order valence-corrected chi connectivity index (χ4v) is 0.404. The SMILES string of the molecule is N#CC(CC(F)F)C(F)F. The summed E-state index contributed by atoms with van der Waals surface area (Å²) in [6, 6.07) is 1.10. The van der Waals surface area contributed by atoms with Crippen molar-refractivity contribution in [2.75, 3.05) is 0 Å². The standard InChI is InChI=1S/C5H5F4N/c6-4(7)1-3(2-10)5(8)9/h3-5H,1H2. The van der Waals surface area contributed by atoms with Crippen LogP contribution in [0.3, 0.4) is 0 Å². The highest BCUT2D eigenvalue weighted by Crippen LogP contribution is 2.17. The molecule has 0 rings (SSSR count). The Balaban J connectivity index is 3.75. The van der Waals surface area contributed by atoms with Gasteiger partial charge in [0, 0.05) is 6.42 Å². The van der Waals surface area contributed by atoms with E-state index >= 15 is 0 Å². The van der Waals surface area contributed by atoms with Gasteiger partial charge >= 0.3 is 0 Å². The zero-order chi connectivity index (χ0) is 8.15. The largest absolute Gasteiger partial charge is 0.254 e. The Labute approximate surface area is 55.3 Å². The van der Waals surface area contributed by atoms with Gasteiger partial charge in [0.25, 0.3) is 6.43 Å². The van der Waals surface area contributed by atoms with Crippen LogP contribution in [0.2, 0.25) is 0 Å². The summed E-state index contributed by atoms with van der Waals surface area (Å²) < 4.78 is 45.7. The fraction of sp³-hybridized carbons (Fsp3) is 0.800. The van der Waals surface area contributed by atoms with Crippen LogP contribution >= 0.6 is 0 Å². The highest BCUT2D eigenvalue weighted by atomic mass is 19.3. The van der Waals surface area contributed by atoms with Crippen LogP contribution in [0.25, 0.3) is 0 Å². The van der Waals surface area contributed by atoms with Gasteiger partial charge < -0.3 is 0 Å². The van der Waals surface area contributed by atoms with E-state index in [-0.39, 0.29) is 0 Å². The average molecular weight is 155 g/mol. The molecule has 1 unspecified atom stereocenters. The highest BCUT2D eigenvalue weighted by Gasteiger charge is 2.23. The van der Waals surface area contributed by atoms with E-state index in [1.807, 2.05) is 0 Å². The van der Waals surface area contributed by atoms with E-state index in [1.165, 1.54) is 0 Å². The molecule has 10 heavy (non-hydrogen) atoms.